The molecule has 13 heteroatoms. The van der Waals surface area contributed by atoms with Gasteiger partial charge in [-0.15, -0.1) is 0 Å². The molecule has 2 aliphatic carbocycles. The Kier molecular flexibility index (Phi) is 8.98. The van der Waals surface area contributed by atoms with Crippen molar-refractivity contribution in [3.8, 4) is 0 Å². The second kappa shape index (κ2) is 13.0. The molecule has 3 aromatic rings. The summed E-state index contributed by atoms with van der Waals surface area (Å²) in [5.41, 5.74) is 1.63. The molecule has 7 atom stereocenters. The number of aromatic nitrogens is 1. The van der Waals surface area contributed by atoms with Gasteiger partial charge in [0.15, 0.2) is 11.4 Å². The van der Waals surface area contributed by atoms with E-state index in [2.05, 4.69) is 15.6 Å². The number of hydrogen-bond donors (Lipinski definition) is 3. The third-order valence-electron chi connectivity index (χ3n) is 9.31. The van der Waals surface area contributed by atoms with E-state index in [1.54, 1.807) is 18.2 Å². The van der Waals surface area contributed by atoms with E-state index in [9.17, 15) is 18.3 Å². The highest BCUT2D eigenvalue weighted by atomic mass is 32.2. The normalized spacial score (nSPS) is 26.8. The molecule has 3 bridgehead atoms. The summed E-state index contributed by atoms with van der Waals surface area (Å²) in [6.45, 7) is 4.35. The fraction of sp³-hybridized carbons (Fsp3) is 0.576. The molecule has 11 nitrogen and oxygen atoms in total. The fourth-order valence-electron chi connectivity index (χ4n) is 6.88. The van der Waals surface area contributed by atoms with Gasteiger partial charge in [0.05, 0.1) is 40.0 Å². The molecular formula is C33H42N4O7S2. The van der Waals surface area contributed by atoms with E-state index in [1.807, 2.05) is 44.2 Å². The van der Waals surface area contributed by atoms with Gasteiger partial charge in [0.1, 0.15) is 6.10 Å². The zero-order valence-electron chi connectivity index (χ0n) is 26.1. The van der Waals surface area contributed by atoms with Crippen molar-refractivity contribution in [2.45, 2.75) is 87.5 Å². The van der Waals surface area contributed by atoms with Crippen LogP contribution in [-0.2, 0) is 30.7 Å². The van der Waals surface area contributed by atoms with Gasteiger partial charge in [0, 0.05) is 31.0 Å². The largest absolute Gasteiger partial charge is 0.443 e. The van der Waals surface area contributed by atoms with Crippen LogP contribution >= 0.6 is 11.3 Å². The Labute approximate surface area is 273 Å². The lowest BCUT2D eigenvalue weighted by Crippen LogP contribution is -2.53. The average Bonchev–Trinajstić information content (AvgIpc) is 3.66. The smallest absolute Gasteiger partial charge is 0.407 e. The zero-order chi connectivity index (χ0) is 32.0. The van der Waals surface area contributed by atoms with Gasteiger partial charge in [0.25, 0.3) is 0 Å². The quantitative estimate of drug-likeness (QED) is 0.242. The number of rotatable bonds is 13. The molecule has 0 spiro atoms. The van der Waals surface area contributed by atoms with Crippen LogP contribution < -0.4 is 10.6 Å². The summed E-state index contributed by atoms with van der Waals surface area (Å²) in [6.07, 6.45) is 1.46. The predicted octanol–water partition coefficient (Wildman–Crippen LogP) is 4.37. The lowest BCUT2D eigenvalue weighted by molar-refractivity contribution is -0.153. The number of hydrogen-bond acceptors (Lipinski definition) is 10. The van der Waals surface area contributed by atoms with Gasteiger partial charge in [0.2, 0.25) is 10.0 Å². The average molecular weight is 671 g/mol. The van der Waals surface area contributed by atoms with Crippen LogP contribution in [0.3, 0.4) is 0 Å². The van der Waals surface area contributed by atoms with E-state index in [0.29, 0.717) is 18.6 Å². The molecule has 5 unspecified atom stereocenters. The molecule has 0 radical (unpaired) electrons. The molecule has 2 saturated heterocycles. The van der Waals surface area contributed by atoms with E-state index in [0.717, 1.165) is 46.6 Å². The van der Waals surface area contributed by atoms with E-state index < -0.39 is 34.4 Å². The van der Waals surface area contributed by atoms with E-state index >= 15 is 0 Å². The SMILES string of the molecule is CC(C)CN(C[C@@H](O)[C@H](Cc1ccccc1)NC(=O)OC1C2COC3OC1CC3C2)S(=O)(=O)c1ccc2nc(NC3CC3)sc2c1. The number of nitrogens with zero attached hydrogens (tertiary/aromatic N) is 2. The first kappa shape index (κ1) is 31.8. The number of sulfonamides is 1. The second-order valence-corrected chi connectivity index (χ2v) is 16.5. The molecule has 2 aromatic carbocycles. The number of carbonyl (C=O) groups excluding carboxylic acids is 1. The van der Waals surface area contributed by atoms with Crippen LogP contribution in [0.4, 0.5) is 9.93 Å². The molecule has 3 heterocycles. The minimum absolute atomic E-state index is 0.00653. The summed E-state index contributed by atoms with van der Waals surface area (Å²) >= 11 is 1.44. The number of anilines is 1. The fourth-order valence-corrected chi connectivity index (χ4v) is 9.58. The van der Waals surface area contributed by atoms with E-state index in [-0.39, 0.29) is 48.6 Å². The lowest BCUT2D eigenvalue weighted by atomic mass is 9.78. The number of ether oxygens (including phenoxy) is 3. The molecule has 248 valence electrons. The van der Waals surface area contributed by atoms with Gasteiger partial charge in [-0.25, -0.2) is 18.2 Å². The number of nitrogens with one attached hydrogen (secondary N) is 2. The maximum atomic E-state index is 14.1. The number of benzene rings is 2. The number of aliphatic hydroxyl groups is 1. The van der Waals surface area contributed by atoms with Crippen molar-refractivity contribution < 1.29 is 32.5 Å². The summed E-state index contributed by atoms with van der Waals surface area (Å²) in [6, 6.07) is 14.1. The Morgan fingerprint density at radius 2 is 1.93 bits per heavy atom. The van der Waals surface area contributed by atoms with Gasteiger partial charge in [-0.3, -0.25) is 0 Å². The zero-order valence-corrected chi connectivity index (χ0v) is 27.7. The summed E-state index contributed by atoms with van der Waals surface area (Å²) in [7, 11) is -4.00. The molecule has 46 heavy (non-hydrogen) atoms. The van der Waals surface area contributed by atoms with Gasteiger partial charge >= 0.3 is 6.09 Å². The minimum Gasteiger partial charge on any atom is -0.443 e. The van der Waals surface area contributed by atoms with E-state index in [4.69, 9.17) is 14.2 Å². The standard InChI is InChI=1S/C33H42N4O7S2/c1-19(2)16-37(46(40,41)24-10-11-25-29(15-24)45-32(35-25)34-23-8-9-23)17-27(38)26(12-20-6-4-3-5-7-20)36-33(39)44-30-22-13-21-14-28(30)43-31(21)42-18-22/h3-7,10-11,15,19,21-23,26-28,30-31,38H,8-9,12-14,16-18H2,1-2H3,(H,34,35)(H,36,39)/t21?,22?,26-,27+,28?,30?,31?/m0/s1. The molecule has 1 aromatic heterocycles. The Hall–Kier alpha value is -2.81. The summed E-state index contributed by atoms with van der Waals surface area (Å²) < 4.78 is 48.0. The van der Waals surface area contributed by atoms with Crippen LogP contribution in [0.15, 0.2) is 53.4 Å². The Balaban J connectivity index is 1.09. The van der Waals surface area contributed by atoms with Crippen LogP contribution in [0.2, 0.25) is 0 Å². The van der Waals surface area contributed by atoms with Crippen LogP contribution in [-0.4, -0.2) is 85.3 Å². The van der Waals surface area contributed by atoms with Crippen LogP contribution in [0.1, 0.15) is 45.1 Å². The molecule has 3 N–H and O–H groups in total. The summed E-state index contributed by atoms with van der Waals surface area (Å²) in [5.74, 6) is 0.397. The molecule has 2 aliphatic heterocycles. The molecule has 4 fully saturated rings. The summed E-state index contributed by atoms with van der Waals surface area (Å²) in [5, 5.41) is 18.7. The molecular weight excluding hydrogens is 629 g/mol. The monoisotopic (exact) mass is 670 g/mol. The van der Waals surface area contributed by atoms with Crippen molar-refractivity contribution in [1.82, 2.24) is 14.6 Å². The number of alkyl carbamates (subject to hydrolysis) is 1. The number of carbonyl (C=O) groups is 1. The highest BCUT2D eigenvalue weighted by molar-refractivity contribution is 7.89. The highest BCUT2D eigenvalue weighted by Crippen LogP contribution is 2.46. The number of aliphatic hydroxyl groups excluding tert-OH is 1. The Morgan fingerprint density at radius 1 is 1.13 bits per heavy atom. The number of thiazole rings is 1. The van der Waals surface area contributed by atoms with E-state index in [1.165, 1.54) is 15.6 Å². The second-order valence-electron chi connectivity index (χ2n) is 13.5. The van der Waals surface area contributed by atoms with Crippen LogP contribution in [0, 0.1) is 17.8 Å². The Bertz CT molecular complexity index is 1640. The number of amides is 1. The topological polar surface area (TPSA) is 139 Å². The Morgan fingerprint density at radius 3 is 2.70 bits per heavy atom. The van der Waals surface area contributed by atoms with Gasteiger partial charge in [-0.05, 0) is 61.8 Å². The third kappa shape index (κ3) is 6.90. The van der Waals surface area contributed by atoms with Crippen LogP contribution in [0.5, 0.6) is 0 Å². The molecule has 7 rings (SSSR count). The number of fused-ring (bicyclic) bond motifs is 3. The van der Waals surface area contributed by atoms with Gasteiger partial charge in [-0.1, -0.05) is 55.5 Å². The minimum atomic E-state index is -4.00. The lowest BCUT2D eigenvalue weighted by Gasteiger charge is -2.37. The highest BCUT2D eigenvalue weighted by Gasteiger charge is 2.53. The van der Waals surface area contributed by atoms with Crippen molar-refractivity contribution in [2.24, 2.45) is 17.8 Å². The van der Waals surface area contributed by atoms with Crippen LogP contribution in [0.25, 0.3) is 10.2 Å². The third-order valence-corrected chi connectivity index (χ3v) is 12.1. The predicted molar refractivity (Wildman–Crippen MR) is 174 cm³/mol. The maximum absolute atomic E-state index is 14.1. The first-order chi connectivity index (χ1) is 22.1. The van der Waals surface area contributed by atoms with Crippen molar-refractivity contribution in [2.75, 3.05) is 25.0 Å². The first-order valence-electron chi connectivity index (χ1n) is 16.3. The molecule has 1 amide bonds. The maximum Gasteiger partial charge on any atom is 0.407 e. The van der Waals surface area contributed by atoms with Gasteiger partial charge < -0.3 is 30.0 Å². The molecule has 2 saturated carbocycles. The van der Waals surface area contributed by atoms with Crippen molar-refractivity contribution in [3.05, 3.63) is 54.1 Å². The van der Waals surface area contributed by atoms with Crippen molar-refractivity contribution >= 4 is 42.8 Å². The van der Waals surface area contributed by atoms with Crippen molar-refractivity contribution in [3.63, 3.8) is 0 Å². The van der Waals surface area contributed by atoms with Crippen molar-refractivity contribution in [1.29, 1.82) is 0 Å². The first-order valence-corrected chi connectivity index (χ1v) is 18.5. The molecule has 4 aliphatic rings. The summed E-state index contributed by atoms with van der Waals surface area (Å²) in [4.78, 5) is 18.1. The van der Waals surface area contributed by atoms with Gasteiger partial charge in [-0.2, -0.15) is 4.31 Å².